The van der Waals surface area contributed by atoms with Gasteiger partial charge in [-0.25, -0.2) is 13.6 Å². The average molecular weight is 368 g/mol. The summed E-state index contributed by atoms with van der Waals surface area (Å²) in [6, 6.07) is 3.79. The van der Waals surface area contributed by atoms with Gasteiger partial charge in [0.1, 0.15) is 11.6 Å². The van der Waals surface area contributed by atoms with Gasteiger partial charge in [0.15, 0.2) is 5.96 Å². The van der Waals surface area contributed by atoms with Gasteiger partial charge in [-0.2, -0.15) is 0 Å². The number of guanidine groups is 1. The summed E-state index contributed by atoms with van der Waals surface area (Å²) in [5.74, 6) is -0.470. The molecule has 144 valence electrons. The van der Waals surface area contributed by atoms with E-state index < -0.39 is 11.6 Å². The number of amides is 1. The number of carbonyl (C=O) groups excluding carboxylic acids is 1. The van der Waals surface area contributed by atoms with Crippen molar-refractivity contribution >= 4 is 12.1 Å². The zero-order valence-corrected chi connectivity index (χ0v) is 15.2. The molecule has 0 radical (unpaired) electrons. The second kappa shape index (κ2) is 9.94. The summed E-state index contributed by atoms with van der Waals surface area (Å²) in [6.07, 6.45) is 1.69. The topological polar surface area (TPSA) is 66.0 Å². The van der Waals surface area contributed by atoms with Crippen LogP contribution in [-0.4, -0.2) is 56.3 Å². The smallest absolute Gasteiger partial charge is 0.409 e. The molecule has 1 saturated heterocycles. The zero-order chi connectivity index (χ0) is 18.9. The Morgan fingerprint density at radius 1 is 1.35 bits per heavy atom. The molecule has 0 saturated carbocycles. The molecule has 1 aliphatic rings. The maximum Gasteiger partial charge on any atom is 0.409 e. The van der Waals surface area contributed by atoms with Crippen LogP contribution in [0.2, 0.25) is 0 Å². The van der Waals surface area contributed by atoms with Gasteiger partial charge in [0.05, 0.1) is 7.11 Å². The molecule has 26 heavy (non-hydrogen) atoms. The molecule has 0 atom stereocenters. The summed E-state index contributed by atoms with van der Waals surface area (Å²) in [6.45, 7) is 4.32. The number of hydrogen-bond donors (Lipinski definition) is 2. The summed E-state index contributed by atoms with van der Waals surface area (Å²) in [4.78, 5) is 17.7. The van der Waals surface area contributed by atoms with E-state index >= 15 is 0 Å². The van der Waals surface area contributed by atoms with Crippen molar-refractivity contribution in [1.82, 2.24) is 15.5 Å². The lowest BCUT2D eigenvalue weighted by Crippen LogP contribution is -2.49. The van der Waals surface area contributed by atoms with Crippen molar-refractivity contribution in [2.24, 2.45) is 4.99 Å². The minimum Gasteiger partial charge on any atom is -0.453 e. The van der Waals surface area contributed by atoms with Gasteiger partial charge < -0.3 is 20.3 Å². The Morgan fingerprint density at radius 2 is 2.08 bits per heavy atom. The third-order valence-electron chi connectivity index (χ3n) is 4.28. The van der Waals surface area contributed by atoms with Crippen molar-refractivity contribution in [3.63, 3.8) is 0 Å². The van der Waals surface area contributed by atoms with E-state index in [1.165, 1.54) is 19.2 Å². The van der Waals surface area contributed by atoms with Gasteiger partial charge in [0.2, 0.25) is 0 Å². The molecule has 6 nitrogen and oxygen atoms in total. The second-order valence-electron chi connectivity index (χ2n) is 6.12. The van der Waals surface area contributed by atoms with Crippen molar-refractivity contribution in [2.75, 3.05) is 33.3 Å². The Bertz CT molecular complexity index is 632. The van der Waals surface area contributed by atoms with Crippen molar-refractivity contribution in [2.45, 2.75) is 32.2 Å². The zero-order valence-electron chi connectivity index (χ0n) is 15.2. The summed E-state index contributed by atoms with van der Waals surface area (Å²) < 4.78 is 31.3. The lowest BCUT2D eigenvalue weighted by molar-refractivity contribution is 0.111. The Labute approximate surface area is 152 Å². The van der Waals surface area contributed by atoms with Crippen LogP contribution in [0.3, 0.4) is 0 Å². The molecule has 8 heteroatoms. The highest BCUT2D eigenvalue weighted by atomic mass is 19.1. The second-order valence-corrected chi connectivity index (χ2v) is 6.12. The quantitative estimate of drug-likeness (QED) is 0.618. The Hall–Kier alpha value is -2.38. The van der Waals surface area contributed by atoms with Crippen LogP contribution >= 0.6 is 0 Å². The molecule has 1 amide bonds. The Morgan fingerprint density at radius 3 is 2.69 bits per heavy atom. The fourth-order valence-electron chi connectivity index (χ4n) is 2.86. The van der Waals surface area contributed by atoms with Crippen LogP contribution in [0, 0.1) is 11.6 Å². The molecular weight excluding hydrogens is 342 g/mol. The number of benzene rings is 1. The first-order valence-corrected chi connectivity index (χ1v) is 8.85. The first kappa shape index (κ1) is 19.9. The van der Waals surface area contributed by atoms with Gasteiger partial charge in [-0.15, -0.1) is 0 Å². The van der Waals surface area contributed by atoms with E-state index in [-0.39, 0.29) is 12.1 Å². The molecule has 1 heterocycles. The van der Waals surface area contributed by atoms with E-state index in [2.05, 4.69) is 15.6 Å². The number of ether oxygens (including phenoxy) is 1. The number of carbonyl (C=O) groups is 1. The van der Waals surface area contributed by atoms with Crippen molar-refractivity contribution in [3.8, 4) is 0 Å². The van der Waals surface area contributed by atoms with Crippen LogP contribution in [0.1, 0.15) is 25.3 Å². The molecule has 1 aromatic rings. The first-order chi connectivity index (χ1) is 12.5. The molecule has 0 spiro atoms. The summed E-state index contributed by atoms with van der Waals surface area (Å²) in [5.41, 5.74) is 0.442. The first-order valence-electron chi connectivity index (χ1n) is 8.85. The number of rotatable bonds is 5. The molecule has 1 aliphatic heterocycles. The maximum absolute atomic E-state index is 13.7. The Balaban J connectivity index is 1.86. The van der Waals surface area contributed by atoms with Crippen LogP contribution in [0.15, 0.2) is 23.2 Å². The van der Waals surface area contributed by atoms with E-state index in [4.69, 9.17) is 4.74 Å². The number of piperidine rings is 1. The predicted molar refractivity (Wildman–Crippen MR) is 96.2 cm³/mol. The molecule has 2 rings (SSSR count). The van der Waals surface area contributed by atoms with Gasteiger partial charge in [-0.1, -0.05) is 6.07 Å². The normalized spacial score (nSPS) is 15.7. The number of hydrogen-bond acceptors (Lipinski definition) is 3. The predicted octanol–water partition coefficient (Wildman–Crippen LogP) is 2.29. The fraction of sp³-hybridized carbons (Fsp3) is 0.556. The number of nitrogens with one attached hydrogen (secondary N) is 2. The Kier molecular flexibility index (Phi) is 7.62. The van der Waals surface area contributed by atoms with Gasteiger partial charge in [0.25, 0.3) is 0 Å². The molecule has 0 aliphatic carbocycles. The molecule has 2 N–H and O–H groups in total. The minimum atomic E-state index is -0.581. The van der Waals surface area contributed by atoms with Crippen LogP contribution < -0.4 is 10.6 Å². The number of halogens is 2. The number of aliphatic imine (C=N–C) groups is 1. The van der Waals surface area contributed by atoms with E-state index in [0.717, 1.165) is 18.9 Å². The maximum atomic E-state index is 13.7. The molecule has 1 aromatic carbocycles. The minimum absolute atomic E-state index is 0.205. The number of methoxy groups -OCH3 is 1. The number of nitrogens with zero attached hydrogens (tertiary/aromatic N) is 2. The summed E-state index contributed by atoms with van der Waals surface area (Å²) >= 11 is 0. The monoisotopic (exact) mass is 368 g/mol. The molecular formula is C18H26F2N4O2. The van der Waals surface area contributed by atoms with Crippen molar-refractivity contribution in [3.05, 3.63) is 35.4 Å². The van der Waals surface area contributed by atoms with E-state index in [9.17, 15) is 13.6 Å². The van der Waals surface area contributed by atoms with Crippen LogP contribution in [0.4, 0.5) is 13.6 Å². The molecule has 0 bridgehead atoms. The highest BCUT2D eigenvalue weighted by Crippen LogP contribution is 2.12. The van der Waals surface area contributed by atoms with Gasteiger partial charge in [-0.3, -0.25) is 4.99 Å². The standard InChI is InChI=1S/C18H26F2N4O2/c1-3-21-17(22-9-6-13-4-5-14(19)12-16(13)20)23-15-7-10-24(11-8-15)18(25)26-2/h4-5,12,15H,3,6-11H2,1-2H3,(H2,21,22,23). The highest BCUT2D eigenvalue weighted by molar-refractivity contribution is 5.80. The third kappa shape index (κ3) is 5.86. The largest absolute Gasteiger partial charge is 0.453 e. The molecule has 1 fully saturated rings. The third-order valence-corrected chi connectivity index (χ3v) is 4.28. The van der Waals surface area contributed by atoms with E-state index in [0.29, 0.717) is 44.1 Å². The van der Waals surface area contributed by atoms with Gasteiger partial charge >= 0.3 is 6.09 Å². The van der Waals surface area contributed by atoms with Crippen molar-refractivity contribution in [1.29, 1.82) is 0 Å². The van der Waals surface area contributed by atoms with Crippen molar-refractivity contribution < 1.29 is 18.3 Å². The van der Waals surface area contributed by atoms with E-state index in [1.807, 2.05) is 6.92 Å². The SMILES string of the molecule is CCNC(=NCCc1ccc(F)cc1F)NC1CCN(C(=O)OC)CC1. The van der Waals surface area contributed by atoms with E-state index in [1.54, 1.807) is 4.90 Å². The lowest BCUT2D eigenvalue weighted by atomic mass is 10.1. The van der Waals surface area contributed by atoms with Crippen LogP contribution in [-0.2, 0) is 11.2 Å². The highest BCUT2D eigenvalue weighted by Gasteiger charge is 2.23. The van der Waals surface area contributed by atoms with Gasteiger partial charge in [-0.05, 0) is 37.8 Å². The lowest BCUT2D eigenvalue weighted by Gasteiger charge is -2.32. The fourth-order valence-corrected chi connectivity index (χ4v) is 2.86. The van der Waals surface area contributed by atoms with Crippen LogP contribution in [0.25, 0.3) is 0 Å². The number of likely N-dealkylation sites (tertiary alicyclic amines) is 1. The molecule has 0 aromatic heterocycles. The van der Waals surface area contributed by atoms with Crippen LogP contribution in [0.5, 0.6) is 0 Å². The summed E-state index contributed by atoms with van der Waals surface area (Å²) in [5, 5.41) is 6.52. The average Bonchev–Trinajstić information content (AvgIpc) is 2.63. The van der Waals surface area contributed by atoms with Gasteiger partial charge in [0, 0.05) is 38.3 Å². The molecule has 0 unspecified atom stereocenters. The summed E-state index contributed by atoms with van der Waals surface area (Å²) in [7, 11) is 1.38.